The normalized spacial score (nSPS) is 19.7. The molecule has 14 nitrogen and oxygen atoms in total. The van der Waals surface area contributed by atoms with E-state index in [4.69, 9.17) is 10.4 Å². The molecular weight excluding hydrogens is 575 g/mol. The van der Waals surface area contributed by atoms with E-state index in [0.717, 1.165) is 0 Å². The van der Waals surface area contributed by atoms with Gasteiger partial charge in [0.2, 0.25) is 5.91 Å². The fourth-order valence-corrected chi connectivity index (χ4v) is 5.02. The molecule has 2 aromatic rings. The molecule has 5 rings (SSSR count). The molecule has 2 fully saturated rings. The minimum atomic E-state index is -2.16. The van der Waals surface area contributed by atoms with Crippen molar-refractivity contribution in [1.82, 2.24) is 20.4 Å². The lowest BCUT2D eigenvalue weighted by Gasteiger charge is -2.35. The number of piperazine rings is 1. The van der Waals surface area contributed by atoms with Crippen molar-refractivity contribution in [2.45, 2.75) is 36.8 Å². The highest BCUT2D eigenvalue weighted by atomic mass is 19.1. The summed E-state index contributed by atoms with van der Waals surface area (Å²) in [7, 11) is -1.80. The number of carboxylic acids is 1. The van der Waals surface area contributed by atoms with Crippen molar-refractivity contribution in [2.24, 2.45) is 5.73 Å². The molecule has 2 aliphatic heterocycles. The topological polar surface area (TPSA) is 212 Å². The number of carboxylic acid groups (broad SMARTS) is 1. The first-order chi connectivity index (χ1) is 20.3. The number of rotatable bonds is 7. The smallest absolute Gasteiger partial charge is 0.534 e. The van der Waals surface area contributed by atoms with E-state index in [9.17, 15) is 48.0 Å². The standard InChI is InChI=1S/C26H26BF2N5O9/c28-15-9-13(35)10-16(29)18(15)19(32-25(41)34-7-6-33(22(37)23(34)38)11-26(30)4-5-26)21(36)31-17-8-12-2-1-3-14(24(39)40)20(12)43-27(17)42/h1-3,9-10,17,19,35,42H,4-8,11,30H2,(H,31,36)(H,32,41)(H,39,40). The largest absolute Gasteiger partial charge is 0.547 e. The monoisotopic (exact) mass is 601 g/mol. The number of aromatic hydroxyl groups is 1. The van der Waals surface area contributed by atoms with Gasteiger partial charge in [-0.25, -0.2) is 18.4 Å². The second-order valence-electron chi connectivity index (χ2n) is 10.7. The maximum absolute atomic E-state index is 14.9. The van der Waals surface area contributed by atoms with Crippen molar-refractivity contribution in [3.63, 3.8) is 0 Å². The number of urea groups is 1. The molecule has 2 atom stereocenters. The minimum absolute atomic E-state index is 0.0565. The highest BCUT2D eigenvalue weighted by molar-refractivity contribution is 6.47. The first kappa shape index (κ1) is 29.7. The molecule has 7 N–H and O–H groups in total. The molecule has 43 heavy (non-hydrogen) atoms. The van der Waals surface area contributed by atoms with Gasteiger partial charge < -0.3 is 41.2 Å². The van der Waals surface area contributed by atoms with Crippen molar-refractivity contribution in [2.75, 3.05) is 19.6 Å². The Morgan fingerprint density at radius 3 is 2.44 bits per heavy atom. The zero-order valence-electron chi connectivity index (χ0n) is 22.4. The van der Waals surface area contributed by atoms with Crippen LogP contribution in [0.5, 0.6) is 11.5 Å². The van der Waals surface area contributed by atoms with Crippen LogP contribution in [-0.2, 0) is 20.8 Å². The average molecular weight is 601 g/mol. The fraction of sp³-hybridized carbons (Fsp3) is 0.346. The fourth-order valence-electron chi connectivity index (χ4n) is 5.02. The van der Waals surface area contributed by atoms with Crippen molar-refractivity contribution >= 4 is 36.8 Å². The number of hydrogen-bond donors (Lipinski definition) is 6. The molecule has 0 spiro atoms. The summed E-state index contributed by atoms with van der Waals surface area (Å²) >= 11 is 0. The van der Waals surface area contributed by atoms with Gasteiger partial charge in [0.1, 0.15) is 29.2 Å². The number of amides is 5. The highest BCUT2D eigenvalue weighted by Crippen LogP contribution is 2.34. The van der Waals surface area contributed by atoms with Crippen LogP contribution in [-0.4, -0.2) is 93.0 Å². The molecular formula is C26H26BF2N5O9. The van der Waals surface area contributed by atoms with Gasteiger partial charge in [-0.05, 0) is 30.9 Å². The van der Waals surface area contributed by atoms with Gasteiger partial charge in [-0.3, -0.25) is 19.3 Å². The number of carbonyl (C=O) groups excluding carboxylic acids is 4. The van der Waals surface area contributed by atoms with E-state index < -0.39 is 77.3 Å². The SMILES string of the molecule is NC1(CN2CCN(C(=O)NC(C(=O)NC3Cc4cccc(C(=O)O)c4OB3O)c3c(F)cc(O)cc3F)C(=O)C2=O)CC1. The third-order valence-corrected chi connectivity index (χ3v) is 7.51. The second-order valence-corrected chi connectivity index (χ2v) is 10.7. The average Bonchev–Trinajstić information content (AvgIpc) is 3.66. The molecule has 1 aliphatic carbocycles. The predicted molar refractivity (Wildman–Crippen MR) is 141 cm³/mol. The Bertz CT molecular complexity index is 1520. The highest BCUT2D eigenvalue weighted by Gasteiger charge is 2.46. The molecule has 0 radical (unpaired) electrons. The number of nitrogens with two attached hydrogens (primary N) is 1. The van der Waals surface area contributed by atoms with Crippen LogP contribution in [0.1, 0.15) is 40.4 Å². The molecule has 5 amide bonds. The van der Waals surface area contributed by atoms with Crippen molar-refractivity contribution in [3.05, 3.63) is 58.7 Å². The maximum Gasteiger partial charge on any atom is 0.547 e. The Morgan fingerprint density at radius 1 is 1.14 bits per heavy atom. The molecule has 0 aromatic heterocycles. The van der Waals surface area contributed by atoms with Gasteiger partial charge in [-0.15, -0.1) is 0 Å². The van der Waals surface area contributed by atoms with Crippen LogP contribution in [0.25, 0.3) is 0 Å². The van der Waals surface area contributed by atoms with Crippen LogP contribution in [0.15, 0.2) is 30.3 Å². The number of carbonyl (C=O) groups is 5. The number of aromatic carboxylic acids is 1. The zero-order valence-corrected chi connectivity index (χ0v) is 22.4. The lowest BCUT2D eigenvalue weighted by molar-refractivity contribution is -0.154. The first-order valence-corrected chi connectivity index (χ1v) is 13.2. The molecule has 1 saturated heterocycles. The summed E-state index contributed by atoms with van der Waals surface area (Å²) < 4.78 is 35.2. The summed E-state index contributed by atoms with van der Waals surface area (Å²) in [5.74, 6) is -9.86. The van der Waals surface area contributed by atoms with Crippen molar-refractivity contribution < 1.29 is 52.6 Å². The van der Waals surface area contributed by atoms with Crippen molar-refractivity contribution in [3.8, 4) is 11.5 Å². The van der Waals surface area contributed by atoms with Gasteiger partial charge in [-0.2, -0.15) is 0 Å². The summed E-state index contributed by atoms with van der Waals surface area (Å²) in [5.41, 5.74) is 4.49. The van der Waals surface area contributed by atoms with Crippen LogP contribution in [0.4, 0.5) is 13.6 Å². The van der Waals surface area contributed by atoms with E-state index in [0.29, 0.717) is 35.4 Å². The number of phenols is 1. The number of halogens is 2. The van der Waals surface area contributed by atoms with E-state index >= 15 is 0 Å². The van der Waals surface area contributed by atoms with Crippen LogP contribution in [0.2, 0.25) is 0 Å². The summed E-state index contributed by atoms with van der Waals surface area (Å²) in [6.07, 6.45) is 1.17. The Hall–Kier alpha value is -4.77. The molecule has 2 aromatic carbocycles. The summed E-state index contributed by atoms with van der Waals surface area (Å²) in [4.78, 5) is 65.2. The first-order valence-electron chi connectivity index (χ1n) is 13.2. The molecule has 226 valence electrons. The van der Waals surface area contributed by atoms with Crippen LogP contribution in [0, 0.1) is 11.6 Å². The number of imide groups is 1. The van der Waals surface area contributed by atoms with Crippen LogP contribution in [0.3, 0.4) is 0 Å². The van der Waals surface area contributed by atoms with E-state index in [-0.39, 0.29) is 37.4 Å². The predicted octanol–water partition coefficient (Wildman–Crippen LogP) is -0.579. The van der Waals surface area contributed by atoms with Crippen LogP contribution < -0.4 is 21.0 Å². The number of phenolic OH excluding ortho intramolecular Hbond substituents is 1. The molecule has 3 aliphatic rings. The molecule has 0 bridgehead atoms. The summed E-state index contributed by atoms with van der Waals surface area (Å²) in [6, 6.07) is 1.69. The zero-order chi connectivity index (χ0) is 31.2. The maximum atomic E-state index is 14.9. The Morgan fingerprint density at radius 2 is 1.81 bits per heavy atom. The molecule has 17 heteroatoms. The summed E-state index contributed by atoms with van der Waals surface area (Å²) in [5, 5.41) is 33.9. The van der Waals surface area contributed by atoms with Crippen molar-refractivity contribution in [1.29, 1.82) is 0 Å². The Labute approximate surface area is 242 Å². The lowest BCUT2D eigenvalue weighted by atomic mass is 9.72. The van der Waals surface area contributed by atoms with Crippen LogP contribution >= 0.6 is 0 Å². The Balaban J connectivity index is 1.37. The minimum Gasteiger partial charge on any atom is -0.534 e. The number of benzene rings is 2. The molecule has 1 saturated carbocycles. The third kappa shape index (κ3) is 5.94. The second kappa shape index (κ2) is 11.1. The number of fused-ring (bicyclic) bond motifs is 1. The number of hydrogen-bond acceptors (Lipinski definition) is 9. The number of nitrogens with one attached hydrogen (secondary N) is 2. The quantitative estimate of drug-likeness (QED) is 0.176. The summed E-state index contributed by atoms with van der Waals surface area (Å²) in [6.45, 7) is -0.233. The van der Waals surface area contributed by atoms with Gasteiger partial charge in [0, 0.05) is 37.3 Å². The van der Waals surface area contributed by atoms with Gasteiger partial charge in [0.05, 0.1) is 17.1 Å². The molecule has 2 unspecified atom stereocenters. The number of para-hydroxylation sites is 1. The van der Waals surface area contributed by atoms with Gasteiger partial charge in [0.15, 0.2) is 0 Å². The van der Waals surface area contributed by atoms with Gasteiger partial charge in [0.25, 0.3) is 0 Å². The van der Waals surface area contributed by atoms with E-state index in [1.165, 1.54) is 23.1 Å². The third-order valence-electron chi connectivity index (χ3n) is 7.51. The molecule has 2 heterocycles. The van der Waals surface area contributed by atoms with E-state index in [1.54, 1.807) is 0 Å². The van der Waals surface area contributed by atoms with Gasteiger partial charge in [-0.1, -0.05) is 12.1 Å². The van der Waals surface area contributed by atoms with Gasteiger partial charge >= 0.3 is 30.9 Å². The number of nitrogens with zero attached hydrogens (tertiary/aromatic N) is 2. The Kier molecular flexibility index (Phi) is 7.70. The van der Waals surface area contributed by atoms with E-state index in [2.05, 4.69) is 10.6 Å². The lowest BCUT2D eigenvalue weighted by Crippen LogP contribution is -2.61. The van der Waals surface area contributed by atoms with E-state index in [1.807, 2.05) is 0 Å².